The van der Waals surface area contributed by atoms with Crippen LogP contribution in [0.4, 0.5) is 20.3 Å². The molecule has 1 saturated heterocycles. The van der Waals surface area contributed by atoms with Gasteiger partial charge in [0.15, 0.2) is 11.5 Å². The second-order valence-electron chi connectivity index (χ2n) is 6.92. The SMILES string of the molecule is O=C1C(Nc2ccc3nnc(-c4ccccc4)n3n2)CCN1c1c(F)cccc1F. The fraction of sp³-hybridized carbons (Fsp3) is 0.143. The number of fused-ring (bicyclic) bond motifs is 1. The Kier molecular flexibility index (Phi) is 4.35. The van der Waals surface area contributed by atoms with Gasteiger partial charge in [-0.2, -0.15) is 4.52 Å². The van der Waals surface area contributed by atoms with E-state index in [0.29, 0.717) is 23.7 Å². The van der Waals surface area contributed by atoms with Gasteiger partial charge in [0.05, 0.1) is 0 Å². The number of para-hydroxylation sites is 1. The second kappa shape index (κ2) is 7.18. The first-order chi connectivity index (χ1) is 14.6. The molecule has 1 atom stereocenters. The van der Waals surface area contributed by atoms with E-state index in [1.54, 1.807) is 16.6 Å². The summed E-state index contributed by atoms with van der Waals surface area (Å²) in [6.07, 6.45) is 0.389. The number of nitrogens with one attached hydrogen (secondary N) is 1. The molecule has 2 aromatic heterocycles. The van der Waals surface area contributed by atoms with Crippen molar-refractivity contribution in [2.75, 3.05) is 16.8 Å². The van der Waals surface area contributed by atoms with E-state index in [0.717, 1.165) is 22.6 Å². The molecule has 150 valence electrons. The van der Waals surface area contributed by atoms with Crippen molar-refractivity contribution in [1.82, 2.24) is 19.8 Å². The van der Waals surface area contributed by atoms with Crippen LogP contribution in [0.1, 0.15) is 6.42 Å². The third-order valence-electron chi connectivity index (χ3n) is 5.03. The van der Waals surface area contributed by atoms with Gasteiger partial charge in [-0.15, -0.1) is 15.3 Å². The Labute approximate surface area is 170 Å². The summed E-state index contributed by atoms with van der Waals surface area (Å²) < 4.78 is 29.8. The van der Waals surface area contributed by atoms with Crippen LogP contribution in [0.3, 0.4) is 0 Å². The lowest BCUT2D eigenvalue weighted by molar-refractivity contribution is -0.117. The van der Waals surface area contributed by atoms with Crippen molar-refractivity contribution in [1.29, 1.82) is 0 Å². The third-order valence-corrected chi connectivity index (χ3v) is 5.03. The van der Waals surface area contributed by atoms with Crippen LogP contribution in [0.2, 0.25) is 0 Å². The number of aromatic nitrogens is 4. The molecular formula is C21H16F2N6O. The molecular weight excluding hydrogens is 390 g/mol. The van der Waals surface area contributed by atoms with Crippen LogP contribution >= 0.6 is 0 Å². The van der Waals surface area contributed by atoms with Gasteiger partial charge in [0.2, 0.25) is 5.91 Å². The summed E-state index contributed by atoms with van der Waals surface area (Å²) in [6.45, 7) is 0.207. The minimum absolute atomic E-state index is 0.207. The summed E-state index contributed by atoms with van der Waals surface area (Å²) in [5.74, 6) is -0.926. The van der Waals surface area contributed by atoms with Gasteiger partial charge in [0, 0.05) is 12.1 Å². The summed E-state index contributed by atoms with van der Waals surface area (Å²) in [5.41, 5.74) is 1.10. The molecule has 4 aromatic rings. The minimum atomic E-state index is -0.763. The zero-order chi connectivity index (χ0) is 20.7. The monoisotopic (exact) mass is 406 g/mol. The van der Waals surface area contributed by atoms with Crippen LogP contribution in [0.15, 0.2) is 60.7 Å². The Bertz CT molecular complexity index is 1220. The van der Waals surface area contributed by atoms with Crippen molar-refractivity contribution >= 4 is 23.1 Å². The predicted molar refractivity (Wildman–Crippen MR) is 107 cm³/mol. The second-order valence-corrected chi connectivity index (χ2v) is 6.92. The van der Waals surface area contributed by atoms with Crippen molar-refractivity contribution in [3.8, 4) is 11.4 Å². The normalized spacial score (nSPS) is 16.4. The number of anilines is 2. The van der Waals surface area contributed by atoms with Crippen LogP contribution < -0.4 is 10.2 Å². The first-order valence-corrected chi connectivity index (χ1v) is 9.41. The van der Waals surface area contributed by atoms with Gasteiger partial charge < -0.3 is 10.2 Å². The van der Waals surface area contributed by atoms with Crippen LogP contribution in [0.5, 0.6) is 0 Å². The average molecular weight is 406 g/mol. The highest BCUT2D eigenvalue weighted by molar-refractivity contribution is 6.01. The maximum atomic E-state index is 14.1. The maximum absolute atomic E-state index is 14.1. The summed E-state index contributed by atoms with van der Waals surface area (Å²) in [4.78, 5) is 13.9. The van der Waals surface area contributed by atoms with E-state index in [1.807, 2.05) is 30.3 Å². The molecule has 0 radical (unpaired) electrons. The number of carbonyl (C=O) groups is 1. The number of hydrogen-bond acceptors (Lipinski definition) is 5. The molecule has 0 aliphatic carbocycles. The zero-order valence-electron chi connectivity index (χ0n) is 15.7. The third kappa shape index (κ3) is 3.04. The first-order valence-electron chi connectivity index (χ1n) is 9.41. The number of amides is 1. The molecule has 7 nitrogen and oxygen atoms in total. The van der Waals surface area contributed by atoms with Crippen LogP contribution in [-0.4, -0.2) is 38.3 Å². The average Bonchev–Trinajstić information content (AvgIpc) is 3.33. The smallest absolute Gasteiger partial charge is 0.249 e. The van der Waals surface area contributed by atoms with E-state index in [-0.39, 0.29) is 12.2 Å². The molecule has 2 aromatic carbocycles. The summed E-state index contributed by atoms with van der Waals surface area (Å²) in [6, 6.07) is 15.8. The molecule has 3 heterocycles. The van der Waals surface area contributed by atoms with Gasteiger partial charge in [0.25, 0.3) is 0 Å². The molecule has 0 bridgehead atoms. The van der Waals surface area contributed by atoms with Crippen molar-refractivity contribution in [2.45, 2.75) is 12.5 Å². The molecule has 5 rings (SSSR count). The van der Waals surface area contributed by atoms with E-state index in [1.165, 1.54) is 6.07 Å². The van der Waals surface area contributed by atoms with E-state index in [4.69, 9.17) is 0 Å². The number of nitrogens with zero attached hydrogens (tertiary/aromatic N) is 5. The van der Waals surface area contributed by atoms with Gasteiger partial charge in [-0.1, -0.05) is 36.4 Å². The molecule has 1 N–H and O–H groups in total. The highest BCUT2D eigenvalue weighted by Crippen LogP contribution is 2.28. The summed E-state index contributed by atoms with van der Waals surface area (Å²) in [5, 5.41) is 15.9. The van der Waals surface area contributed by atoms with E-state index in [2.05, 4.69) is 20.6 Å². The molecule has 30 heavy (non-hydrogen) atoms. The molecule has 1 unspecified atom stereocenters. The van der Waals surface area contributed by atoms with E-state index < -0.39 is 23.6 Å². The largest absolute Gasteiger partial charge is 0.357 e. The Morgan fingerprint density at radius 3 is 2.47 bits per heavy atom. The number of carbonyl (C=O) groups excluding carboxylic acids is 1. The Morgan fingerprint density at radius 2 is 1.70 bits per heavy atom. The van der Waals surface area contributed by atoms with Crippen LogP contribution in [0.25, 0.3) is 17.0 Å². The Morgan fingerprint density at radius 1 is 0.933 bits per heavy atom. The quantitative estimate of drug-likeness (QED) is 0.563. The summed E-state index contributed by atoms with van der Waals surface area (Å²) in [7, 11) is 0. The van der Waals surface area contributed by atoms with E-state index >= 15 is 0 Å². The molecule has 1 amide bonds. The molecule has 0 spiro atoms. The standard InChI is InChI=1S/C21H16F2N6O/c22-14-7-4-8-15(23)19(14)28-12-11-16(21(28)30)24-17-9-10-18-25-26-20(29(18)27-17)13-5-2-1-3-6-13/h1-10,16H,11-12H2,(H,24,27). The number of halogens is 2. The van der Waals surface area contributed by atoms with Gasteiger partial charge in [-0.05, 0) is 30.7 Å². The predicted octanol–water partition coefficient (Wildman–Crippen LogP) is 3.29. The Hall–Kier alpha value is -3.88. The maximum Gasteiger partial charge on any atom is 0.249 e. The fourth-order valence-corrected chi connectivity index (χ4v) is 3.59. The molecule has 1 aliphatic heterocycles. The first kappa shape index (κ1) is 18.2. The lowest BCUT2D eigenvalue weighted by Gasteiger charge is -2.18. The fourth-order valence-electron chi connectivity index (χ4n) is 3.59. The van der Waals surface area contributed by atoms with Crippen LogP contribution in [0, 0.1) is 11.6 Å². The Balaban J connectivity index is 1.42. The van der Waals surface area contributed by atoms with Crippen molar-refractivity contribution in [2.24, 2.45) is 0 Å². The van der Waals surface area contributed by atoms with Crippen molar-refractivity contribution in [3.05, 3.63) is 72.3 Å². The highest BCUT2D eigenvalue weighted by Gasteiger charge is 2.35. The highest BCUT2D eigenvalue weighted by atomic mass is 19.1. The van der Waals surface area contributed by atoms with Gasteiger partial charge in [0.1, 0.15) is 29.2 Å². The van der Waals surface area contributed by atoms with Gasteiger partial charge in [-0.3, -0.25) is 4.79 Å². The van der Waals surface area contributed by atoms with Crippen LogP contribution in [-0.2, 0) is 4.79 Å². The van der Waals surface area contributed by atoms with E-state index in [9.17, 15) is 13.6 Å². The molecule has 1 aliphatic rings. The van der Waals surface area contributed by atoms with Gasteiger partial charge >= 0.3 is 0 Å². The minimum Gasteiger partial charge on any atom is -0.357 e. The topological polar surface area (TPSA) is 75.4 Å². The molecule has 0 saturated carbocycles. The molecule has 9 heteroatoms. The molecule has 1 fully saturated rings. The number of rotatable bonds is 4. The number of hydrogen-bond donors (Lipinski definition) is 1. The number of benzene rings is 2. The summed E-state index contributed by atoms with van der Waals surface area (Å²) >= 11 is 0. The van der Waals surface area contributed by atoms with Crippen molar-refractivity contribution < 1.29 is 13.6 Å². The van der Waals surface area contributed by atoms with Crippen molar-refractivity contribution in [3.63, 3.8) is 0 Å². The van der Waals surface area contributed by atoms with Gasteiger partial charge in [-0.25, -0.2) is 8.78 Å². The zero-order valence-corrected chi connectivity index (χ0v) is 15.7. The lowest BCUT2D eigenvalue weighted by Crippen LogP contribution is -2.34. The lowest BCUT2D eigenvalue weighted by atomic mass is 10.2.